The first-order valence-corrected chi connectivity index (χ1v) is 4.98. The average molecular weight is 254 g/mol. The second-order valence-electron chi connectivity index (χ2n) is 3.17. The Hall–Kier alpha value is -0.940. The van der Waals surface area contributed by atoms with E-state index in [0.29, 0.717) is 16.3 Å². The van der Waals surface area contributed by atoms with Gasteiger partial charge in [-0.15, -0.1) is 0 Å². The third-order valence-corrected chi connectivity index (χ3v) is 2.12. The number of halogens is 4. The molecule has 90 valence electrons. The van der Waals surface area contributed by atoms with E-state index in [0.717, 1.165) is 0 Å². The number of rotatable bonds is 4. The lowest BCUT2D eigenvalue weighted by Crippen LogP contribution is -2.13. The fraction of sp³-hybridized carbons (Fsp3) is 0.400. The molecule has 0 atom stereocenters. The largest absolute Gasteiger partial charge is 0.493 e. The van der Waals surface area contributed by atoms with E-state index < -0.39 is 19.2 Å². The van der Waals surface area contributed by atoms with Crippen molar-refractivity contribution in [2.24, 2.45) is 5.73 Å². The van der Waals surface area contributed by atoms with Crippen LogP contribution in [0.25, 0.3) is 0 Å². The molecule has 0 fully saturated rings. The summed E-state index contributed by atoms with van der Waals surface area (Å²) in [6, 6.07) is 4.63. The van der Waals surface area contributed by atoms with Crippen molar-refractivity contribution in [3.63, 3.8) is 0 Å². The van der Waals surface area contributed by atoms with Gasteiger partial charge in [0.1, 0.15) is 5.75 Å². The highest BCUT2D eigenvalue weighted by molar-refractivity contribution is 6.30. The quantitative estimate of drug-likeness (QED) is 0.895. The maximum atomic E-state index is 11.9. The lowest BCUT2D eigenvalue weighted by Gasteiger charge is -2.11. The minimum atomic E-state index is -4.21. The van der Waals surface area contributed by atoms with Crippen molar-refractivity contribution in [2.45, 2.75) is 19.1 Å². The summed E-state index contributed by atoms with van der Waals surface area (Å²) in [6.07, 6.45) is -5.20. The highest BCUT2D eigenvalue weighted by Crippen LogP contribution is 2.24. The van der Waals surface area contributed by atoms with Crippen LogP contribution in [0, 0.1) is 0 Å². The first-order chi connectivity index (χ1) is 7.42. The van der Waals surface area contributed by atoms with E-state index in [4.69, 9.17) is 22.1 Å². The van der Waals surface area contributed by atoms with E-state index in [1.54, 1.807) is 12.1 Å². The van der Waals surface area contributed by atoms with Crippen LogP contribution in [0.15, 0.2) is 18.2 Å². The Balaban J connectivity index is 2.60. The van der Waals surface area contributed by atoms with Gasteiger partial charge in [0, 0.05) is 17.1 Å². The lowest BCUT2D eigenvalue weighted by atomic mass is 10.2. The van der Waals surface area contributed by atoms with Crippen LogP contribution in [0.3, 0.4) is 0 Å². The number of ether oxygens (including phenoxy) is 1. The van der Waals surface area contributed by atoms with Gasteiger partial charge in [-0.25, -0.2) is 0 Å². The summed E-state index contributed by atoms with van der Waals surface area (Å²) in [5.41, 5.74) is 6.01. The van der Waals surface area contributed by atoms with Crippen LogP contribution in [-0.4, -0.2) is 12.8 Å². The molecule has 0 amide bonds. The van der Waals surface area contributed by atoms with E-state index in [2.05, 4.69) is 0 Å². The fourth-order valence-electron chi connectivity index (χ4n) is 1.13. The minimum absolute atomic E-state index is 0.169. The van der Waals surface area contributed by atoms with Crippen LogP contribution in [0.2, 0.25) is 5.02 Å². The first kappa shape index (κ1) is 13.1. The molecule has 0 heterocycles. The predicted molar refractivity (Wildman–Crippen MR) is 55.5 cm³/mol. The van der Waals surface area contributed by atoms with Gasteiger partial charge in [-0.05, 0) is 18.2 Å². The Morgan fingerprint density at radius 3 is 2.56 bits per heavy atom. The summed E-state index contributed by atoms with van der Waals surface area (Å²) in [5, 5.41) is 0.476. The van der Waals surface area contributed by atoms with Crippen LogP contribution in [0.5, 0.6) is 5.75 Å². The summed E-state index contributed by atoms with van der Waals surface area (Å²) in [4.78, 5) is 0. The molecule has 0 aliphatic carbocycles. The van der Waals surface area contributed by atoms with Crippen LogP contribution >= 0.6 is 11.6 Å². The highest BCUT2D eigenvalue weighted by Gasteiger charge is 2.26. The SMILES string of the molecule is NCc1cc(Cl)ccc1OCCC(F)(F)F. The summed E-state index contributed by atoms with van der Waals surface area (Å²) < 4.78 is 40.6. The standard InChI is InChI=1S/C10H11ClF3NO/c11-8-1-2-9(7(5-8)6-15)16-4-3-10(12,13)14/h1-2,5H,3-4,6,15H2. The predicted octanol–water partition coefficient (Wildman–Crippen LogP) is 3.13. The molecule has 0 bridgehead atoms. The zero-order valence-corrected chi connectivity index (χ0v) is 9.11. The van der Waals surface area contributed by atoms with Gasteiger partial charge in [-0.1, -0.05) is 11.6 Å². The van der Waals surface area contributed by atoms with Gasteiger partial charge in [-0.2, -0.15) is 13.2 Å². The van der Waals surface area contributed by atoms with Gasteiger partial charge >= 0.3 is 6.18 Å². The molecule has 2 nitrogen and oxygen atoms in total. The summed E-state index contributed by atoms with van der Waals surface area (Å²) in [6.45, 7) is -0.250. The van der Waals surface area contributed by atoms with Crippen molar-refractivity contribution in [1.82, 2.24) is 0 Å². The fourth-order valence-corrected chi connectivity index (χ4v) is 1.32. The van der Waals surface area contributed by atoms with Crippen LogP contribution in [-0.2, 0) is 6.54 Å². The number of alkyl halides is 3. The van der Waals surface area contributed by atoms with Gasteiger partial charge in [0.2, 0.25) is 0 Å². The zero-order valence-electron chi connectivity index (χ0n) is 8.35. The number of hydrogen-bond donors (Lipinski definition) is 1. The normalized spacial score (nSPS) is 11.6. The Kier molecular flexibility index (Phi) is 4.44. The van der Waals surface area contributed by atoms with Crippen molar-refractivity contribution in [3.05, 3.63) is 28.8 Å². The molecule has 16 heavy (non-hydrogen) atoms. The van der Waals surface area contributed by atoms with Crippen LogP contribution < -0.4 is 10.5 Å². The summed E-state index contributed by atoms with van der Waals surface area (Å²) in [5.74, 6) is 0.344. The minimum Gasteiger partial charge on any atom is -0.493 e. The van der Waals surface area contributed by atoms with E-state index in [1.807, 2.05) is 0 Å². The molecular formula is C10H11ClF3NO. The molecule has 1 aromatic rings. The van der Waals surface area contributed by atoms with Gasteiger partial charge < -0.3 is 10.5 Å². The third-order valence-electron chi connectivity index (χ3n) is 1.89. The van der Waals surface area contributed by atoms with Gasteiger partial charge in [-0.3, -0.25) is 0 Å². The smallest absolute Gasteiger partial charge is 0.392 e. The molecule has 1 rings (SSSR count). The van der Waals surface area contributed by atoms with Crippen molar-refractivity contribution in [2.75, 3.05) is 6.61 Å². The Morgan fingerprint density at radius 2 is 2.00 bits per heavy atom. The summed E-state index contributed by atoms with van der Waals surface area (Å²) >= 11 is 5.71. The van der Waals surface area contributed by atoms with Gasteiger partial charge in [0.05, 0.1) is 13.0 Å². The molecule has 0 saturated heterocycles. The molecule has 0 spiro atoms. The molecule has 6 heteroatoms. The van der Waals surface area contributed by atoms with E-state index >= 15 is 0 Å². The van der Waals surface area contributed by atoms with E-state index in [-0.39, 0.29) is 6.54 Å². The molecule has 0 aromatic heterocycles. The molecule has 0 aliphatic rings. The van der Waals surface area contributed by atoms with Gasteiger partial charge in [0.15, 0.2) is 0 Å². The molecule has 0 radical (unpaired) electrons. The number of hydrogen-bond acceptors (Lipinski definition) is 2. The van der Waals surface area contributed by atoms with E-state index in [9.17, 15) is 13.2 Å². The van der Waals surface area contributed by atoms with Crippen LogP contribution in [0.1, 0.15) is 12.0 Å². The second kappa shape index (κ2) is 5.41. The summed E-state index contributed by atoms with van der Waals surface area (Å²) in [7, 11) is 0. The van der Waals surface area contributed by atoms with Gasteiger partial charge in [0.25, 0.3) is 0 Å². The van der Waals surface area contributed by atoms with Crippen LogP contribution in [0.4, 0.5) is 13.2 Å². The Morgan fingerprint density at radius 1 is 1.31 bits per heavy atom. The second-order valence-corrected chi connectivity index (χ2v) is 3.61. The monoisotopic (exact) mass is 253 g/mol. The molecule has 0 aliphatic heterocycles. The third kappa shape index (κ3) is 4.28. The lowest BCUT2D eigenvalue weighted by molar-refractivity contribution is -0.139. The van der Waals surface area contributed by atoms with Crippen molar-refractivity contribution in [3.8, 4) is 5.75 Å². The highest BCUT2D eigenvalue weighted by atomic mass is 35.5. The maximum absolute atomic E-state index is 11.9. The molecule has 2 N–H and O–H groups in total. The topological polar surface area (TPSA) is 35.2 Å². The molecule has 0 saturated carbocycles. The Bertz CT molecular complexity index is 354. The number of nitrogens with two attached hydrogens (primary N) is 1. The first-order valence-electron chi connectivity index (χ1n) is 4.60. The number of benzene rings is 1. The Labute approximate surface area is 96.1 Å². The molecule has 0 unspecified atom stereocenters. The van der Waals surface area contributed by atoms with Crippen molar-refractivity contribution >= 4 is 11.6 Å². The van der Waals surface area contributed by atoms with Crippen molar-refractivity contribution in [1.29, 1.82) is 0 Å². The zero-order chi connectivity index (χ0) is 12.2. The average Bonchev–Trinajstić information content (AvgIpc) is 2.18. The maximum Gasteiger partial charge on any atom is 0.392 e. The molecular weight excluding hydrogens is 243 g/mol. The van der Waals surface area contributed by atoms with Crippen molar-refractivity contribution < 1.29 is 17.9 Å². The molecule has 1 aromatic carbocycles. The van der Waals surface area contributed by atoms with E-state index in [1.165, 1.54) is 6.07 Å².